The van der Waals surface area contributed by atoms with Crippen LogP contribution >= 0.6 is 0 Å². The Morgan fingerprint density at radius 2 is 1.81 bits per heavy atom. The van der Waals surface area contributed by atoms with Gasteiger partial charge >= 0.3 is 5.97 Å². The van der Waals surface area contributed by atoms with Crippen molar-refractivity contribution >= 4 is 17.6 Å². The van der Waals surface area contributed by atoms with Crippen LogP contribution in [0, 0.1) is 31.4 Å². The molecule has 0 aromatic heterocycles. The molecule has 6 heteroatoms. The Morgan fingerprint density at radius 1 is 1.06 bits per heavy atom. The third kappa shape index (κ3) is 6.38. The Morgan fingerprint density at radius 3 is 2.50 bits per heavy atom. The molecule has 1 fully saturated rings. The van der Waals surface area contributed by atoms with Crippen molar-refractivity contribution in [3.05, 3.63) is 100 Å². The van der Waals surface area contributed by atoms with Crippen molar-refractivity contribution in [2.24, 2.45) is 5.92 Å². The molecular weight excluding hydrogens is 460 g/mol. The van der Waals surface area contributed by atoms with E-state index in [0.717, 1.165) is 40.6 Å². The average Bonchev–Trinajstić information content (AvgIpc) is 2.83. The summed E-state index contributed by atoms with van der Waals surface area (Å²) in [5, 5.41) is 8.99. The molecule has 4 nitrogen and oxygen atoms in total. The number of carboxylic acids is 1. The number of nitrogens with zero attached hydrogens (tertiary/aromatic N) is 1. The average molecular weight is 492 g/mol. The van der Waals surface area contributed by atoms with E-state index in [-0.39, 0.29) is 11.5 Å². The van der Waals surface area contributed by atoms with Crippen molar-refractivity contribution in [3.63, 3.8) is 0 Å². The first-order valence-corrected chi connectivity index (χ1v) is 12.2. The van der Waals surface area contributed by atoms with E-state index < -0.39 is 17.6 Å². The first-order chi connectivity index (χ1) is 17.3. The molecule has 1 N–H and O–H groups in total. The van der Waals surface area contributed by atoms with Crippen LogP contribution in [-0.2, 0) is 11.3 Å². The number of allylic oxidation sites excluding steroid dienone is 1. The van der Waals surface area contributed by atoms with Crippen LogP contribution < -0.4 is 4.74 Å². The predicted molar refractivity (Wildman–Crippen MR) is 138 cm³/mol. The van der Waals surface area contributed by atoms with Crippen LogP contribution in [0.15, 0.2) is 60.7 Å². The first-order valence-electron chi connectivity index (χ1n) is 12.2. The summed E-state index contributed by atoms with van der Waals surface area (Å²) in [5.41, 5.74) is 5.37. The van der Waals surface area contributed by atoms with E-state index in [1.807, 2.05) is 62.4 Å². The number of carboxylic acid groups (broad SMARTS) is 1. The molecule has 1 saturated heterocycles. The number of rotatable bonds is 10. The molecule has 3 aromatic rings. The number of halogens is 2. The van der Waals surface area contributed by atoms with E-state index >= 15 is 0 Å². The molecule has 0 radical (unpaired) electrons. The van der Waals surface area contributed by atoms with Crippen molar-refractivity contribution in [1.29, 1.82) is 0 Å². The minimum Gasteiger partial charge on any atom is -0.494 e. The predicted octanol–water partition coefficient (Wildman–Crippen LogP) is 6.50. The Hall–Kier alpha value is -3.51. The number of ether oxygens (including phenoxy) is 1. The molecule has 0 amide bonds. The van der Waals surface area contributed by atoms with Gasteiger partial charge in [-0.1, -0.05) is 48.5 Å². The van der Waals surface area contributed by atoms with Gasteiger partial charge < -0.3 is 9.84 Å². The Balaban J connectivity index is 1.35. The van der Waals surface area contributed by atoms with Gasteiger partial charge in [-0.3, -0.25) is 9.69 Å². The molecule has 4 rings (SSSR count). The van der Waals surface area contributed by atoms with Crippen LogP contribution in [-0.4, -0.2) is 35.7 Å². The maximum atomic E-state index is 14.6. The Labute approximate surface area is 210 Å². The molecule has 188 valence electrons. The van der Waals surface area contributed by atoms with Gasteiger partial charge in [-0.05, 0) is 72.7 Å². The summed E-state index contributed by atoms with van der Waals surface area (Å²) >= 11 is 0. The second-order valence-corrected chi connectivity index (χ2v) is 9.44. The lowest BCUT2D eigenvalue weighted by Crippen LogP contribution is -2.49. The third-order valence-corrected chi connectivity index (χ3v) is 6.66. The summed E-state index contributed by atoms with van der Waals surface area (Å²) in [6.07, 6.45) is 3.09. The topological polar surface area (TPSA) is 49.8 Å². The highest BCUT2D eigenvalue weighted by Crippen LogP contribution is 2.28. The number of carbonyl (C=O) groups is 1. The van der Waals surface area contributed by atoms with Gasteiger partial charge in [0.25, 0.3) is 0 Å². The molecule has 3 aromatic carbocycles. The standard InChI is InChI=1S/C30H31F2NO3/c1-20-8-9-23(15-21(20)2)16-24(27-6-3-7-28(31)29(27)32)5-4-14-36-26-12-10-22(11-13-26)17-33-18-25(19-33)30(34)35/h3,6-13,15-16,25H,4-5,14,17-19H2,1-2H3,(H,34,35)/b24-16+. The van der Waals surface area contributed by atoms with Crippen molar-refractivity contribution in [3.8, 4) is 5.75 Å². The summed E-state index contributed by atoms with van der Waals surface area (Å²) < 4.78 is 34.4. The fourth-order valence-corrected chi connectivity index (χ4v) is 4.35. The number of likely N-dealkylation sites (tertiary alicyclic amines) is 1. The van der Waals surface area contributed by atoms with E-state index in [4.69, 9.17) is 9.84 Å². The summed E-state index contributed by atoms with van der Waals surface area (Å²) in [4.78, 5) is 13.0. The van der Waals surface area contributed by atoms with Gasteiger partial charge in [-0.2, -0.15) is 0 Å². The lowest BCUT2D eigenvalue weighted by molar-refractivity contribution is -0.147. The van der Waals surface area contributed by atoms with Gasteiger partial charge in [-0.15, -0.1) is 0 Å². The fraction of sp³-hybridized carbons (Fsp3) is 0.300. The summed E-state index contributed by atoms with van der Waals surface area (Å²) in [5.74, 6) is -1.94. The molecule has 1 aliphatic heterocycles. The molecule has 0 atom stereocenters. The SMILES string of the molecule is Cc1ccc(/C=C(\CCCOc2ccc(CN3CC(C(=O)O)C3)cc2)c2cccc(F)c2F)cc1C. The second kappa shape index (κ2) is 11.5. The van der Waals surface area contributed by atoms with E-state index in [2.05, 4.69) is 4.90 Å². The molecule has 0 unspecified atom stereocenters. The van der Waals surface area contributed by atoms with Crippen LogP contribution in [0.25, 0.3) is 11.6 Å². The highest BCUT2D eigenvalue weighted by atomic mass is 19.2. The molecule has 0 aliphatic carbocycles. The van der Waals surface area contributed by atoms with Crippen LogP contribution in [0.1, 0.15) is 40.7 Å². The summed E-state index contributed by atoms with van der Waals surface area (Å²) in [6.45, 7) is 6.39. The molecule has 0 bridgehead atoms. The van der Waals surface area contributed by atoms with Crippen molar-refractivity contribution < 1.29 is 23.4 Å². The largest absolute Gasteiger partial charge is 0.494 e. The Bertz CT molecular complexity index is 1250. The molecule has 0 saturated carbocycles. The number of hydrogen-bond donors (Lipinski definition) is 1. The van der Waals surface area contributed by atoms with E-state index in [1.165, 1.54) is 11.6 Å². The number of aliphatic carboxylic acids is 1. The molecule has 1 heterocycles. The highest BCUT2D eigenvalue weighted by Gasteiger charge is 2.32. The normalized spacial score (nSPS) is 14.5. The van der Waals surface area contributed by atoms with Crippen molar-refractivity contribution in [1.82, 2.24) is 4.90 Å². The minimum absolute atomic E-state index is 0.262. The zero-order valence-corrected chi connectivity index (χ0v) is 20.6. The lowest BCUT2D eigenvalue weighted by Gasteiger charge is -2.36. The van der Waals surface area contributed by atoms with E-state index in [0.29, 0.717) is 32.5 Å². The first kappa shape index (κ1) is 25.6. The summed E-state index contributed by atoms with van der Waals surface area (Å²) in [7, 11) is 0. The fourth-order valence-electron chi connectivity index (χ4n) is 4.35. The second-order valence-electron chi connectivity index (χ2n) is 9.44. The van der Waals surface area contributed by atoms with Gasteiger partial charge in [0.05, 0.1) is 12.5 Å². The van der Waals surface area contributed by atoms with Crippen LogP contribution in [0.3, 0.4) is 0 Å². The van der Waals surface area contributed by atoms with E-state index in [1.54, 1.807) is 6.07 Å². The smallest absolute Gasteiger partial charge is 0.309 e. The minimum atomic E-state index is -0.855. The van der Waals surface area contributed by atoms with Crippen LogP contribution in [0.2, 0.25) is 0 Å². The Kier molecular flexibility index (Phi) is 8.16. The molecular formula is C30H31F2NO3. The van der Waals surface area contributed by atoms with Crippen LogP contribution in [0.5, 0.6) is 5.75 Å². The molecule has 0 spiro atoms. The molecule has 36 heavy (non-hydrogen) atoms. The summed E-state index contributed by atoms with van der Waals surface area (Å²) in [6, 6.07) is 18.1. The lowest BCUT2D eigenvalue weighted by atomic mass is 9.96. The highest BCUT2D eigenvalue weighted by molar-refractivity contribution is 5.82. The number of benzene rings is 3. The zero-order chi connectivity index (χ0) is 25.7. The monoisotopic (exact) mass is 491 g/mol. The van der Waals surface area contributed by atoms with Crippen LogP contribution in [0.4, 0.5) is 8.78 Å². The molecule has 1 aliphatic rings. The van der Waals surface area contributed by atoms with E-state index in [9.17, 15) is 13.6 Å². The van der Waals surface area contributed by atoms with Gasteiger partial charge in [-0.25, -0.2) is 8.78 Å². The maximum Gasteiger partial charge on any atom is 0.309 e. The van der Waals surface area contributed by atoms with Crippen molar-refractivity contribution in [2.45, 2.75) is 33.2 Å². The van der Waals surface area contributed by atoms with Gasteiger partial charge in [0.1, 0.15) is 5.75 Å². The maximum absolute atomic E-state index is 14.6. The van der Waals surface area contributed by atoms with Gasteiger partial charge in [0, 0.05) is 25.2 Å². The van der Waals surface area contributed by atoms with Crippen molar-refractivity contribution in [2.75, 3.05) is 19.7 Å². The quantitative estimate of drug-likeness (QED) is 0.260. The van der Waals surface area contributed by atoms with Gasteiger partial charge in [0.2, 0.25) is 0 Å². The number of hydrogen-bond acceptors (Lipinski definition) is 3. The zero-order valence-electron chi connectivity index (χ0n) is 20.6. The third-order valence-electron chi connectivity index (χ3n) is 6.66. The van der Waals surface area contributed by atoms with Gasteiger partial charge in [0.15, 0.2) is 11.6 Å². The number of aryl methyl sites for hydroxylation is 2.